The fraction of sp³-hybridized carbons (Fsp3) is 0.121. The Kier molecular flexibility index (Phi) is 7.41. The van der Waals surface area contributed by atoms with Gasteiger partial charge in [0.15, 0.2) is 4.80 Å². The van der Waals surface area contributed by atoms with E-state index in [1.165, 1.54) is 11.3 Å². The van der Waals surface area contributed by atoms with Crippen LogP contribution in [0.1, 0.15) is 29.9 Å². The van der Waals surface area contributed by atoms with Crippen molar-refractivity contribution in [1.82, 2.24) is 4.57 Å². The number of hydrogen-bond acceptors (Lipinski definition) is 6. The zero-order valence-corrected chi connectivity index (χ0v) is 24.6. The Morgan fingerprint density at radius 1 is 1.05 bits per heavy atom. The van der Waals surface area contributed by atoms with Crippen molar-refractivity contribution in [2.45, 2.75) is 19.9 Å². The molecule has 6 rings (SSSR count). The van der Waals surface area contributed by atoms with Crippen LogP contribution in [-0.2, 0) is 4.79 Å². The van der Waals surface area contributed by atoms with Crippen LogP contribution in [0.15, 0.2) is 110 Å². The Morgan fingerprint density at radius 3 is 2.55 bits per heavy atom. The van der Waals surface area contributed by atoms with E-state index in [0.717, 1.165) is 16.7 Å². The van der Waals surface area contributed by atoms with Gasteiger partial charge in [-0.05, 0) is 73.5 Å². The van der Waals surface area contributed by atoms with Gasteiger partial charge < -0.3 is 14.5 Å². The highest BCUT2D eigenvalue weighted by Crippen LogP contribution is 2.32. The summed E-state index contributed by atoms with van der Waals surface area (Å²) in [6.45, 7) is 3.78. The minimum Gasteiger partial charge on any atom is -0.497 e. The molecular formula is C33H26ClN3O4S. The molecule has 9 heteroatoms. The van der Waals surface area contributed by atoms with Crippen molar-refractivity contribution < 1.29 is 13.9 Å². The zero-order valence-electron chi connectivity index (χ0n) is 23.1. The van der Waals surface area contributed by atoms with E-state index in [9.17, 15) is 9.59 Å². The molecular weight excluding hydrogens is 570 g/mol. The number of rotatable bonds is 6. The highest BCUT2D eigenvalue weighted by atomic mass is 35.5. The van der Waals surface area contributed by atoms with Crippen molar-refractivity contribution in [3.05, 3.63) is 138 Å². The number of amides is 1. The van der Waals surface area contributed by atoms with Gasteiger partial charge in [0, 0.05) is 22.3 Å². The first-order chi connectivity index (χ1) is 20.3. The third-order valence-electron chi connectivity index (χ3n) is 7.09. The van der Waals surface area contributed by atoms with Crippen molar-refractivity contribution >= 4 is 40.6 Å². The Hall–Kier alpha value is -4.66. The number of anilines is 1. The van der Waals surface area contributed by atoms with Gasteiger partial charge in [-0.3, -0.25) is 14.2 Å². The Morgan fingerprint density at radius 2 is 1.81 bits per heavy atom. The lowest BCUT2D eigenvalue weighted by Gasteiger charge is -2.25. The van der Waals surface area contributed by atoms with E-state index < -0.39 is 6.04 Å². The molecule has 3 heterocycles. The second kappa shape index (κ2) is 11.3. The van der Waals surface area contributed by atoms with E-state index in [4.69, 9.17) is 25.7 Å². The molecule has 1 aliphatic heterocycles. The van der Waals surface area contributed by atoms with Crippen LogP contribution in [-0.4, -0.2) is 17.6 Å². The summed E-state index contributed by atoms with van der Waals surface area (Å²) in [7, 11) is 1.59. The summed E-state index contributed by atoms with van der Waals surface area (Å²) in [4.78, 5) is 32.9. The van der Waals surface area contributed by atoms with E-state index >= 15 is 0 Å². The average molecular weight is 596 g/mol. The fourth-order valence-electron chi connectivity index (χ4n) is 5.00. The number of hydrogen-bond donors (Lipinski definition) is 1. The lowest BCUT2D eigenvalue weighted by atomic mass is 9.95. The van der Waals surface area contributed by atoms with Crippen molar-refractivity contribution in [3.8, 4) is 17.1 Å². The highest BCUT2D eigenvalue weighted by molar-refractivity contribution is 7.07. The van der Waals surface area contributed by atoms with Crippen LogP contribution < -0.4 is 24.9 Å². The molecule has 1 atom stereocenters. The quantitative estimate of drug-likeness (QED) is 0.257. The molecule has 1 aliphatic rings. The predicted octanol–water partition coefficient (Wildman–Crippen LogP) is 6.10. The van der Waals surface area contributed by atoms with E-state index in [0.29, 0.717) is 48.6 Å². The maximum Gasteiger partial charge on any atom is 0.271 e. The predicted molar refractivity (Wildman–Crippen MR) is 166 cm³/mol. The van der Waals surface area contributed by atoms with Crippen LogP contribution in [0.5, 0.6) is 5.75 Å². The van der Waals surface area contributed by atoms with Crippen molar-refractivity contribution in [3.63, 3.8) is 0 Å². The summed E-state index contributed by atoms with van der Waals surface area (Å²) in [6.07, 6.45) is 1.71. The normalized spacial score (nSPS) is 14.9. The number of para-hydroxylation sites is 1. The summed E-state index contributed by atoms with van der Waals surface area (Å²) in [6, 6.07) is 25.2. The van der Waals surface area contributed by atoms with E-state index in [2.05, 4.69) is 5.32 Å². The standard InChI is InChI=1S/C33H26ClN3O4S/c1-19-9-12-22(34)17-26(19)27-16-15-25(41-27)18-28-32(39)37-30(21-10-13-24(40-3)14-11-21)29(20(2)35-33(37)42-28)31(38)36-23-7-5-4-6-8-23/h4-18,30H,1-3H3,(H,36,38)/b28-18+/t30-/m0/s1. The third kappa shape index (κ3) is 5.22. The maximum absolute atomic E-state index is 14.0. The van der Waals surface area contributed by atoms with E-state index in [1.807, 2.05) is 91.9 Å². The molecule has 0 saturated carbocycles. The van der Waals surface area contributed by atoms with Crippen LogP contribution in [0.2, 0.25) is 5.02 Å². The Labute approximate surface area is 250 Å². The van der Waals surface area contributed by atoms with Gasteiger partial charge in [-0.25, -0.2) is 4.99 Å². The summed E-state index contributed by atoms with van der Waals surface area (Å²) in [5.41, 5.74) is 3.97. The average Bonchev–Trinajstić information content (AvgIpc) is 3.58. The van der Waals surface area contributed by atoms with Gasteiger partial charge in [0.1, 0.15) is 17.3 Å². The molecule has 0 bridgehead atoms. The number of benzene rings is 3. The van der Waals surface area contributed by atoms with Gasteiger partial charge in [0.05, 0.1) is 29.0 Å². The maximum atomic E-state index is 14.0. The molecule has 1 N–H and O–H groups in total. The molecule has 5 aromatic rings. The molecule has 1 amide bonds. The monoisotopic (exact) mass is 595 g/mol. The number of aryl methyl sites for hydroxylation is 1. The minimum atomic E-state index is -0.695. The number of ether oxygens (including phenoxy) is 1. The first-order valence-electron chi connectivity index (χ1n) is 13.2. The molecule has 0 fully saturated rings. The second-order valence-corrected chi connectivity index (χ2v) is 11.3. The molecule has 0 radical (unpaired) electrons. The number of nitrogens with one attached hydrogen (secondary N) is 1. The topological polar surface area (TPSA) is 85.8 Å². The number of carbonyl (C=O) groups is 1. The molecule has 2 aromatic heterocycles. The van der Waals surface area contributed by atoms with Gasteiger partial charge in [0.2, 0.25) is 0 Å². The number of furan rings is 1. The molecule has 0 saturated heterocycles. The number of carbonyl (C=O) groups excluding carboxylic acids is 1. The minimum absolute atomic E-state index is 0.269. The summed E-state index contributed by atoms with van der Waals surface area (Å²) in [5, 5.41) is 3.58. The second-order valence-electron chi connectivity index (χ2n) is 9.84. The molecule has 210 valence electrons. The first kappa shape index (κ1) is 27.5. The molecule has 7 nitrogen and oxygen atoms in total. The fourth-order valence-corrected chi connectivity index (χ4v) is 6.20. The molecule has 0 spiro atoms. The van der Waals surface area contributed by atoms with Crippen LogP contribution in [0.4, 0.5) is 5.69 Å². The lowest BCUT2D eigenvalue weighted by molar-refractivity contribution is -0.113. The first-order valence-corrected chi connectivity index (χ1v) is 14.4. The number of aromatic nitrogens is 1. The van der Waals surface area contributed by atoms with Crippen LogP contribution in [0.3, 0.4) is 0 Å². The summed E-state index contributed by atoms with van der Waals surface area (Å²) >= 11 is 7.46. The molecule has 3 aromatic carbocycles. The summed E-state index contributed by atoms with van der Waals surface area (Å²) in [5.74, 6) is 1.52. The smallest absolute Gasteiger partial charge is 0.271 e. The van der Waals surface area contributed by atoms with Gasteiger partial charge in [-0.2, -0.15) is 0 Å². The highest BCUT2D eigenvalue weighted by Gasteiger charge is 2.32. The SMILES string of the molecule is COc1ccc([C@H]2C(C(=O)Nc3ccccc3)=C(C)N=c3s/c(=C/c4ccc(-c5cc(Cl)ccc5C)o4)c(=O)n32)cc1. The van der Waals surface area contributed by atoms with Crippen LogP contribution in [0.25, 0.3) is 17.4 Å². The summed E-state index contributed by atoms with van der Waals surface area (Å²) < 4.78 is 13.5. The van der Waals surface area contributed by atoms with E-state index in [1.54, 1.807) is 24.7 Å². The van der Waals surface area contributed by atoms with Gasteiger partial charge in [-0.1, -0.05) is 59.3 Å². The lowest BCUT2D eigenvalue weighted by Crippen LogP contribution is -2.40. The number of nitrogens with zero attached hydrogens (tertiary/aromatic N) is 2. The van der Waals surface area contributed by atoms with Crippen molar-refractivity contribution in [2.75, 3.05) is 12.4 Å². The number of thiazole rings is 1. The Bertz CT molecular complexity index is 2020. The van der Waals surface area contributed by atoms with Crippen molar-refractivity contribution in [1.29, 1.82) is 0 Å². The molecule has 42 heavy (non-hydrogen) atoms. The number of halogens is 1. The number of methoxy groups -OCH3 is 1. The van der Waals surface area contributed by atoms with Gasteiger partial charge in [-0.15, -0.1) is 0 Å². The van der Waals surface area contributed by atoms with Crippen LogP contribution in [0, 0.1) is 6.92 Å². The molecule has 0 unspecified atom stereocenters. The number of fused-ring (bicyclic) bond motifs is 1. The van der Waals surface area contributed by atoms with Gasteiger partial charge >= 0.3 is 0 Å². The third-order valence-corrected chi connectivity index (χ3v) is 8.31. The Balaban J connectivity index is 1.45. The molecule has 0 aliphatic carbocycles. The largest absolute Gasteiger partial charge is 0.497 e. The van der Waals surface area contributed by atoms with E-state index in [-0.39, 0.29) is 11.5 Å². The van der Waals surface area contributed by atoms with Crippen LogP contribution >= 0.6 is 22.9 Å². The van der Waals surface area contributed by atoms with Crippen molar-refractivity contribution in [2.24, 2.45) is 4.99 Å². The number of allylic oxidation sites excluding steroid dienone is 1. The van der Waals surface area contributed by atoms with Gasteiger partial charge in [0.25, 0.3) is 11.5 Å². The zero-order chi connectivity index (χ0) is 29.4.